The van der Waals surface area contributed by atoms with E-state index in [-0.39, 0.29) is 9.92 Å². The van der Waals surface area contributed by atoms with Crippen LogP contribution in [0, 0.1) is 20.6 Å². The van der Waals surface area contributed by atoms with Crippen LogP contribution in [0.3, 0.4) is 0 Å². The summed E-state index contributed by atoms with van der Waals surface area (Å²) in [6, 6.07) is 5.89. The Morgan fingerprint density at radius 3 is 2.86 bits per heavy atom. The smallest absolute Gasteiger partial charge is 0.258 e. The number of rotatable bonds is 1. The number of nitrogens with zero attached hydrogens (tertiary/aromatic N) is 1. The van der Waals surface area contributed by atoms with Crippen LogP contribution < -0.4 is 0 Å². The lowest BCUT2D eigenvalue weighted by atomic mass is 10.2. The van der Waals surface area contributed by atoms with Crippen molar-refractivity contribution in [3.63, 3.8) is 0 Å². The third-order valence-corrected chi connectivity index (χ3v) is 4.51. The van der Waals surface area contributed by atoms with Crippen LogP contribution in [0.2, 0.25) is 0 Å². The van der Waals surface area contributed by atoms with E-state index in [1.807, 2.05) is 47.7 Å². The molecule has 0 amide bonds. The van der Waals surface area contributed by atoms with Gasteiger partial charge in [-0.15, -0.1) is 0 Å². The predicted octanol–water partition coefficient (Wildman–Crippen LogP) is 3.72. The summed E-state index contributed by atoms with van der Waals surface area (Å²) in [4.78, 5) is 10.4. The SMILES string of the molecule is Cc1ccc2sc([N+](=O)[O-])c(I)c2c1. The van der Waals surface area contributed by atoms with E-state index >= 15 is 0 Å². The van der Waals surface area contributed by atoms with Gasteiger partial charge in [0, 0.05) is 10.1 Å². The van der Waals surface area contributed by atoms with Gasteiger partial charge in [0.1, 0.15) is 3.57 Å². The van der Waals surface area contributed by atoms with Crippen LogP contribution >= 0.6 is 33.9 Å². The quantitative estimate of drug-likeness (QED) is 0.457. The van der Waals surface area contributed by atoms with Crippen molar-refractivity contribution in [2.75, 3.05) is 0 Å². The number of thiophene rings is 1. The molecule has 1 aromatic carbocycles. The van der Waals surface area contributed by atoms with Gasteiger partial charge in [-0.25, -0.2) is 0 Å². The van der Waals surface area contributed by atoms with Gasteiger partial charge in [0.25, 0.3) is 0 Å². The molecule has 0 aliphatic heterocycles. The largest absolute Gasteiger partial charge is 0.338 e. The molecule has 0 saturated carbocycles. The number of nitro groups is 1. The van der Waals surface area contributed by atoms with Gasteiger partial charge in [0.15, 0.2) is 0 Å². The highest BCUT2D eigenvalue weighted by molar-refractivity contribution is 14.1. The van der Waals surface area contributed by atoms with Gasteiger partial charge >= 0.3 is 5.00 Å². The molecule has 0 N–H and O–H groups in total. The Labute approximate surface area is 98.0 Å². The molecule has 2 rings (SSSR count). The zero-order valence-corrected chi connectivity index (χ0v) is 10.3. The fourth-order valence-corrected chi connectivity index (χ4v) is 3.33. The van der Waals surface area contributed by atoms with E-state index < -0.39 is 0 Å². The van der Waals surface area contributed by atoms with Crippen LogP contribution in [0.4, 0.5) is 5.00 Å². The molecule has 1 aromatic heterocycles. The first-order chi connectivity index (χ1) is 6.59. The maximum atomic E-state index is 10.7. The summed E-state index contributed by atoms with van der Waals surface area (Å²) in [5, 5.41) is 11.9. The van der Waals surface area contributed by atoms with Gasteiger partial charge in [-0.1, -0.05) is 23.0 Å². The van der Waals surface area contributed by atoms with Crippen molar-refractivity contribution in [1.82, 2.24) is 0 Å². The first-order valence-corrected chi connectivity index (χ1v) is 5.82. The standard InChI is InChI=1S/C9H6INO2S/c1-5-2-3-7-6(4-5)8(10)9(14-7)11(12)13/h2-4H,1H3. The fraction of sp³-hybridized carbons (Fsp3) is 0.111. The summed E-state index contributed by atoms with van der Waals surface area (Å²) in [5.41, 5.74) is 1.13. The van der Waals surface area contributed by atoms with Crippen LogP contribution in [0.25, 0.3) is 10.1 Å². The minimum Gasteiger partial charge on any atom is -0.258 e. The molecule has 0 radical (unpaired) electrons. The molecule has 1 heterocycles. The first-order valence-electron chi connectivity index (χ1n) is 3.92. The number of hydrogen-bond acceptors (Lipinski definition) is 3. The van der Waals surface area contributed by atoms with Crippen molar-refractivity contribution in [3.05, 3.63) is 37.4 Å². The van der Waals surface area contributed by atoms with Crippen LogP contribution in [0.15, 0.2) is 18.2 Å². The number of halogens is 1. The first kappa shape index (κ1) is 9.85. The summed E-state index contributed by atoms with van der Waals surface area (Å²) < 4.78 is 1.73. The monoisotopic (exact) mass is 319 g/mol. The molecule has 3 nitrogen and oxygen atoms in total. The number of hydrogen-bond donors (Lipinski definition) is 0. The molecule has 0 spiro atoms. The maximum absolute atomic E-state index is 10.7. The van der Waals surface area contributed by atoms with Crippen LogP contribution in [0.5, 0.6) is 0 Å². The van der Waals surface area contributed by atoms with E-state index in [1.165, 1.54) is 11.3 Å². The van der Waals surface area contributed by atoms with Crippen molar-refractivity contribution in [2.24, 2.45) is 0 Å². The molecule has 0 aliphatic carbocycles. The van der Waals surface area contributed by atoms with E-state index in [2.05, 4.69) is 0 Å². The number of aryl methyl sites for hydroxylation is 1. The summed E-state index contributed by atoms with van der Waals surface area (Å²) in [6.07, 6.45) is 0. The number of benzene rings is 1. The van der Waals surface area contributed by atoms with Gasteiger partial charge in [-0.3, -0.25) is 10.1 Å². The van der Waals surface area contributed by atoms with Crippen molar-refractivity contribution < 1.29 is 4.92 Å². The van der Waals surface area contributed by atoms with E-state index in [9.17, 15) is 10.1 Å². The average Bonchev–Trinajstić information content (AvgIpc) is 2.44. The highest BCUT2D eigenvalue weighted by Gasteiger charge is 2.18. The minimum atomic E-state index is -0.318. The maximum Gasteiger partial charge on any atom is 0.338 e. The van der Waals surface area contributed by atoms with Crippen molar-refractivity contribution in [1.29, 1.82) is 0 Å². The normalized spacial score (nSPS) is 10.7. The van der Waals surface area contributed by atoms with Gasteiger partial charge < -0.3 is 0 Å². The van der Waals surface area contributed by atoms with Crippen molar-refractivity contribution in [3.8, 4) is 0 Å². The zero-order chi connectivity index (χ0) is 10.3. The van der Waals surface area contributed by atoms with Crippen molar-refractivity contribution >= 4 is 49.0 Å². The lowest BCUT2D eigenvalue weighted by Gasteiger charge is -1.91. The molecule has 0 aliphatic rings. The molecular weight excluding hydrogens is 313 g/mol. The van der Waals surface area contributed by atoms with Gasteiger partial charge in [0.2, 0.25) is 0 Å². The molecule has 0 saturated heterocycles. The highest BCUT2D eigenvalue weighted by Crippen LogP contribution is 2.38. The van der Waals surface area contributed by atoms with Crippen LogP contribution in [-0.2, 0) is 0 Å². The second-order valence-electron chi connectivity index (χ2n) is 2.98. The lowest BCUT2D eigenvalue weighted by molar-refractivity contribution is -0.381. The summed E-state index contributed by atoms with van der Waals surface area (Å²) in [7, 11) is 0. The molecule has 0 bridgehead atoms. The van der Waals surface area contributed by atoms with Gasteiger partial charge in [-0.05, 0) is 41.6 Å². The molecule has 14 heavy (non-hydrogen) atoms. The molecule has 72 valence electrons. The van der Waals surface area contributed by atoms with E-state index in [4.69, 9.17) is 0 Å². The molecule has 0 fully saturated rings. The Hall–Kier alpha value is -0.690. The second kappa shape index (κ2) is 3.47. The Kier molecular flexibility index (Phi) is 2.44. The summed E-state index contributed by atoms with van der Waals surface area (Å²) in [5.74, 6) is 0. The summed E-state index contributed by atoms with van der Waals surface area (Å²) >= 11 is 3.27. The number of fused-ring (bicyclic) bond motifs is 1. The average molecular weight is 319 g/mol. The van der Waals surface area contributed by atoms with Crippen LogP contribution in [-0.4, -0.2) is 4.92 Å². The second-order valence-corrected chi connectivity index (χ2v) is 5.09. The Morgan fingerprint density at radius 1 is 1.50 bits per heavy atom. The topological polar surface area (TPSA) is 43.1 Å². The molecule has 0 atom stereocenters. The third-order valence-electron chi connectivity index (χ3n) is 1.93. The van der Waals surface area contributed by atoms with Gasteiger partial charge in [-0.2, -0.15) is 0 Å². The van der Waals surface area contributed by atoms with E-state index in [0.717, 1.165) is 19.2 Å². The van der Waals surface area contributed by atoms with Crippen molar-refractivity contribution in [2.45, 2.75) is 6.92 Å². The molecule has 2 aromatic rings. The van der Waals surface area contributed by atoms with Crippen LogP contribution in [0.1, 0.15) is 5.56 Å². The third kappa shape index (κ3) is 1.50. The summed E-state index contributed by atoms with van der Waals surface area (Å²) in [6.45, 7) is 1.99. The molecule has 0 unspecified atom stereocenters. The van der Waals surface area contributed by atoms with E-state index in [1.54, 1.807) is 0 Å². The minimum absolute atomic E-state index is 0.242. The Morgan fingerprint density at radius 2 is 2.21 bits per heavy atom. The Balaban J connectivity index is 2.80. The zero-order valence-electron chi connectivity index (χ0n) is 7.28. The predicted molar refractivity (Wildman–Crippen MR) is 65.9 cm³/mol. The lowest BCUT2D eigenvalue weighted by Crippen LogP contribution is -1.84. The Bertz CT molecular complexity index is 521. The van der Waals surface area contributed by atoms with E-state index in [0.29, 0.717) is 0 Å². The highest BCUT2D eigenvalue weighted by atomic mass is 127. The molecular formula is C9H6INO2S. The molecule has 5 heteroatoms. The fourth-order valence-electron chi connectivity index (χ4n) is 1.29. The van der Waals surface area contributed by atoms with Gasteiger partial charge in [0.05, 0.1) is 4.92 Å².